The van der Waals surface area contributed by atoms with E-state index in [1.807, 2.05) is 11.6 Å². The topological polar surface area (TPSA) is 43.8 Å². The Morgan fingerprint density at radius 1 is 1.50 bits per heavy atom. The summed E-state index contributed by atoms with van der Waals surface area (Å²) in [6.07, 6.45) is 2.17. The molecule has 1 fully saturated rings. The molecule has 1 aliphatic carbocycles. The number of imidazole rings is 1. The average Bonchev–Trinajstić information content (AvgIpc) is 3.01. The van der Waals surface area contributed by atoms with E-state index in [0.717, 1.165) is 29.7 Å². The number of nitrogens with zero attached hydrogens (tertiary/aromatic N) is 2. The molecule has 1 aromatic heterocycles. The van der Waals surface area contributed by atoms with Gasteiger partial charge < -0.3 is 10.3 Å². The van der Waals surface area contributed by atoms with Crippen molar-refractivity contribution >= 4 is 11.0 Å². The highest BCUT2D eigenvalue weighted by Gasteiger charge is 2.46. The van der Waals surface area contributed by atoms with Gasteiger partial charge in [0, 0.05) is 19.0 Å². The number of hydrogen-bond acceptors (Lipinski definition) is 2. The summed E-state index contributed by atoms with van der Waals surface area (Å²) in [6.45, 7) is 0.618. The minimum absolute atomic E-state index is 0.0459. The van der Waals surface area contributed by atoms with E-state index in [1.54, 1.807) is 6.07 Å². The fraction of sp³-hybridized carbons (Fsp3) is 0.417. The molecule has 0 saturated heterocycles. The number of nitrogens with two attached hydrogens (primary N) is 1. The monoisotopic (exact) mass is 219 g/mol. The van der Waals surface area contributed by atoms with Crippen LogP contribution in [0.15, 0.2) is 18.2 Å². The van der Waals surface area contributed by atoms with Crippen LogP contribution in [0.1, 0.15) is 18.7 Å². The standard InChI is InChI=1S/C12H14FN3/c1-16-10-6-8(13)2-3-9(10)15-11(16)12(7-14)4-5-12/h2-3,6H,4-5,7,14H2,1H3. The first-order valence-electron chi connectivity index (χ1n) is 5.49. The molecule has 0 bridgehead atoms. The second kappa shape index (κ2) is 3.04. The highest BCUT2D eigenvalue weighted by Crippen LogP contribution is 2.47. The Morgan fingerprint density at radius 3 is 2.88 bits per heavy atom. The molecule has 1 saturated carbocycles. The maximum atomic E-state index is 13.2. The van der Waals surface area contributed by atoms with E-state index < -0.39 is 0 Å². The van der Waals surface area contributed by atoms with Gasteiger partial charge in [0.1, 0.15) is 11.6 Å². The molecule has 0 aliphatic heterocycles. The van der Waals surface area contributed by atoms with Gasteiger partial charge in [0.15, 0.2) is 0 Å². The number of aryl methyl sites for hydroxylation is 1. The van der Waals surface area contributed by atoms with Gasteiger partial charge in [0.05, 0.1) is 11.0 Å². The van der Waals surface area contributed by atoms with Crippen LogP contribution in [0.2, 0.25) is 0 Å². The van der Waals surface area contributed by atoms with Crippen molar-refractivity contribution in [3.05, 3.63) is 29.8 Å². The molecule has 2 N–H and O–H groups in total. The quantitative estimate of drug-likeness (QED) is 0.835. The molecule has 4 heteroatoms. The zero-order valence-electron chi connectivity index (χ0n) is 9.20. The van der Waals surface area contributed by atoms with Crippen LogP contribution in [0, 0.1) is 5.82 Å². The first kappa shape index (κ1) is 9.78. The molecule has 3 rings (SSSR count). The van der Waals surface area contributed by atoms with Crippen molar-refractivity contribution in [1.82, 2.24) is 9.55 Å². The Hall–Kier alpha value is -1.42. The summed E-state index contributed by atoms with van der Waals surface area (Å²) >= 11 is 0. The van der Waals surface area contributed by atoms with E-state index in [0.29, 0.717) is 6.54 Å². The maximum Gasteiger partial charge on any atom is 0.125 e. The minimum atomic E-state index is -0.223. The normalized spacial score (nSPS) is 17.9. The lowest BCUT2D eigenvalue weighted by Crippen LogP contribution is -2.23. The molecule has 1 aromatic carbocycles. The maximum absolute atomic E-state index is 13.2. The molecule has 1 heterocycles. The van der Waals surface area contributed by atoms with Gasteiger partial charge in [0.25, 0.3) is 0 Å². The molecule has 0 radical (unpaired) electrons. The van der Waals surface area contributed by atoms with Gasteiger partial charge in [-0.25, -0.2) is 9.37 Å². The number of benzene rings is 1. The van der Waals surface area contributed by atoms with E-state index in [1.165, 1.54) is 12.1 Å². The third-order valence-electron chi connectivity index (χ3n) is 3.56. The second-order valence-electron chi connectivity index (χ2n) is 4.61. The summed E-state index contributed by atoms with van der Waals surface area (Å²) < 4.78 is 15.1. The second-order valence-corrected chi connectivity index (χ2v) is 4.61. The highest BCUT2D eigenvalue weighted by atomic mass is 19.1. The lowest BCUT2D eigenvalue weighted by Gasteiger charge is -2.11. The van der Waals surface area contributed by atoms with Crippen molar-refractivity contribution in [3.8, 4) is 0 Å². The van der Waals surface area contributed by atoms with Gasteiger partial charge in [-0.05, 0) is 31.0 Å². The smallest absolute Gasteiger partial charge is 0.125 e. The summed E-state index contributed by atoms with van der Waals surface area (Å²) in [5, 5.41) is 0. The van der Waals surface area contributed by atoms with Crippen LogP contribution in [0.3, 0.4) is 0 Å². The Bertz CT molecular complexity index is 555. The lowest BCUT2D eigenvalue weighted by atomic mass is 10.1. The molecule has 84 valence electrons. The lowest BCUT2D eigenvalue weighted by molar-refractivity contribution is 0.617. The van der Waals surface area contributed by atoms with E-state index in [9.17, 15) is 4.39 Å². The van der Waals surface area contributed by atoms with Crippen LogP contribution < -0.4 is 5.73 Å². The largest absolute Gasteiger partial charge is 0.331 e. The fourth-order valence-corrected chi connectivity index (χ4v) is 2.31. The summed E-state index contributed by atoms with van der Waals surface area (Å²) in [7, 11) is 1.93. The minimum Gasteiger partial charge on any atom is -0.331 e. The first-order valence-corrected chi connectivity index (χ1v) is 5.49. The summed E-state index contributed by atoms with van der Waals surface area (Å²) in [4.78, 5) is 4.57. The summed E-state index contributed by atoms with van der Waals surface area (Å²) in [6, 6.07) is 4.69. The molecular weight excluding hydrogens is 205 g/mol. The van der Waals surface area contributed by atoms with Crippen LogP contribution in [-0.2, 0) is 12.5 Å². The van der Waals surface area contributed by atoms with Crippen LogP contribution in [-0.4, -0.2) is 16.1 Å². The van der Waals surface area contributed by atoms with Gasteiger partial charge in [-0.1, -0.05) is 0 Å². The molecule has 0 unspecified atom stereocenters. The van der Waals surface area contributed by atoms with Crippen LogP contribution in [0.4, 0.5) is 4.39 Å². The van der Waals surface area contributed by atoms with Crippen molar-refractivity contribution in [2.24, 2.45) is 12.8 Å². The van der Waals surface area contributed by atoms with Crippen LogP contribution >= 0.6 is 0 Å². The van der Waals surface area contributed by atoms with Crippen molar-refractivity contribution in [1.29, 1.82) is 0 Å². The third kappa shape index (κ3) is 1.19. The van der Waals surface area contributed by atoms with E-state index in [4.69, 9.17) is 5.73 Å². The number of hydrogen-bond donors (Lipinski definition) is 1. The van der Waals surface area contributed by atoms with E-state index >= 15 is 0 Å². The number of rotatable bonds is 2. The van der Waals surface area contributed by atoms with Crippen molar-refractivity contribution in [3.63, 3.8) is 0 Å². The summed E-state index contributed by atoms with van der Waals surface area (Å²) in [5.74, 6) is 0.773. The Kier molecular flexibility index (Phi) is 1.86. The zero-order chi connectivity index (χ0) is 11.3. The Balaban J connectivity index is 2.24. The van der Waals surface area contributed by atoms with E-state index in [2.05, 4.69) is 4.98 Å². The average molecular weight is 219 g/mol. The van der Waals surface area contributed by atoms with Crippen molar-refractivity contribution < 1.29 is 4.39 Å². The van der Waals surface area contributed by atoms with Crippen LogP contribution in [0.25, 0.3) is 11.0 Å². The Labute approximate surface area is 93.1 Å². The predicted octanol–water partition coefficient (Wildman–Crippen LogP) is 1.70. The summed E-state index contributed by atoms with van der Waals surface area (Å²) in [5.41, 5.74) is 7.53. The third-order valence-corrected chi connectivity index (χ3v) is 3.56. The van der Waals surface area contributed by atoms with Gasteiger partial charge in [-0.2, -0.15) is 0 Å². The van der Waals surface area contributed by atoms with Crippen molar-refractivity contribution in [2.75, 3.05) is 6.54 Å². The molecule has 0 atom stereocenters. The van der Waals surface area contributed by atoms with Crippen LogP contribution in [0.5, 0.6) is 0 Å². The molecule has 2 aromatic rings. The highest BCUT2D eigenvalue weighted by molar-refractivity contribution is 5.76. The van der Waals surface area contributed by atoms with Gasteiger partial charge in [0.2, 0.25) is 0 Å². The molecule has 16 heavy (non-hydrogen) atoms. The zero-order valence-corrected chi connectivity index (χ0v) is 9.20. The van der Waals surface area contributed by atoms with Gasteiger partial charge in [-0.3, -0.25) is 0 Å². The SMILES string of the molecule is Cn1c(C2(CN)CC2)nc2ccc(F)cc21. The number of halogens is 1. The molecular formula is C12H14FN3. The molecule has 0 amide bonds. The van der Waals surface area contributed by atoms with Crippen molar-refractivity contribution in [2.45, 2.75) is 18.3 Å². The van der Waals surface area contributed by atoms with Gasteiger partial charge in [-0.15, -0.1) is 0 Å². The van der Waals surface area contributed by atoms with E-state index in [-0.39, 0.29) is 11.2 Å². The predicted molar refractivity (Wildman–Crippen MR) is 60.6 cm³/mol. The first-order chi connectivity index (χ1) is 7.66. The van der Waals surface area contributed by atoms with Gasteiger partial charge >= 0.3 is 0 Å². The molecule has 1 aliphatic rings. The fourth-order valence-electron chi connectivity index (χ4n) is 2.31. The number of fused-ring (bicyclic) bond motifs is 1. The Morgan fingerprint density at radius 2 is 2.25 bits per heavy atom. The molecule has 3 nitrogen and oxygen atoms in total. The number of aromatic nitrogens is 2. The molecule has 0 spiro atoms.